The number of hydrogen-bond acceptors (Lipinski definition) is 5. The molecular weight excluding hydrogens is 451 g/mol. The lowest BCUT2D eigenvalue weighted by atomic mass is 10.1. The maximum Gasteiger partial charge on any atom is 0.266 e. The van der Waals surface area contributed by atoms with Gasteiger partial charge in [-0.05, 0) is 49.6 Å². The van der Waals surface area contributed by atoms with Crippen molar-refractivity contribution in [2.45, 2.75) is 26.8 Å². The molecule has 0 aliphatic heterocycles. The van der Waals surface area contributed by atoms with Gasteiger partial charge in [-0.15, -0.1) is 12.4 Å². The number of carbonyl (C=O) groups excluding carboxylic acids is 1. The highest BCUT2D eigenvalue weighted by molar-refractivity contribution is 7.22. The van der Waals surface area contributed by atoms with E-state index >= 15 is 0 Å². The predicted octanol–water partition coefficient (Wildman–Crippen LogP) is 5.17. The molecule has 4 rings (SSSR count). The minimum absolute atomic E-state index is 0. The minimum Gasteiger partial charge on any atom is -0.481 e. The number of imidazole rings is 1. The summed E-state index contributed by atoms with van der Waals surface area (Å²) in [5.41, 5.74) is 3.13. The molecule has 0 atom stereocenters. The van der Waals surface area contributed by atoms with Gasteiger partial charge in [0.25, 0.3) is 5.91 Å². The number of thiazole rings is 1. The Morgan fingerprint density at radius 1 is 1.25 bits per heavy atom. The van der Waals surface area contributed by atoms with Crippen molar-refractivity contribution < 1.29 is 13.9 Å². The Bertz CT molecular complexity index is 1200. The van der Waals surface area contributed by atoms with E-state index in [2.05, 4.69) is 11.1 Å². The molecule has 0 aliphatic carbocycles. The van der Waals surface area contributed by atoms with Gasteiger partial charge in [-0.3, -0.25) is 9.69 Å². The molecule has 168 valence electrons. The van der Waals surface area contributed by atoms with E-state index in [-0.39, 0.29) is 30.7 Å². The van der Waals surface area contributed by atoms with Gasteiger partial charge in [-0.2, -0.15) is 0 Å². The quantitative estimate of drug-likeness (QED) is 0.353. The lowest BCUT2D eigenvalue weighted by Gasteiger charge is -2.20. The Balaban J connectivity index is 0.00000289. The van der Waals surface area contributed by atoms with Crippen LogP contribution in [0.1, 0.15) is 17.5 Å². The SMILES string of the molecule is Cc1cc(C)c2sc(N(CCCn3ccnc3)C(=O)COc3ccccc3F)nc2c1.Cl. The highest BCUT2D eigenvalue weighted by Crippen LogP contribution is 2.32. The minimum atomic E-state index is -0.493. The highest BCUT2D eigenvalue weighted by Gasteiger charge is 2.21. The highest BCUT2D eigenvalue weighted by atomic mass is 35.5. The maximum atomic E-state index is 13.9. The fourth-order valence-electron chi connectivity index (χ4n) is 3.42. The summed E-state index contributed by atoms with van der Waals surface area (Å²) in [7, 11) is 0. The molecule has 9 heteroatoms. The molecule has 0 saturated carbocycles. The number of para-hydroxylation sites is 1. The first-order valence-corrected chi connectivity index (χ1v) is 10.8. The fourth-order valence-corrected chi connectivity index (χ4v) is 4.48. The molecule has 2 aromatic heterocycles. The summed E-state index contributed by atoms with van der Waals surface area (Å²) in [6.45, 7) is 5.00. The smallest absolute Gasteiger partial charge is 0.266 e. The summed E-state index contributed by atoms with van der Waals surface area (Å²) in [4.78, 5) is 23.5. The molecule has 32 heavy (non-hydrogen) atoms. The lowest BCUT2D eigenvalue weighted by Crippen LogP contribution is -2.36. The Morgan fingerprint density at radius 2 is 2.06 bits per heavy atom. The van der Waals surface area contributed by atoms with Crippen molar-refractivity contribution in [2.75, 3.05) is 18.1 Å². The number of carbonyl (C=O) groups is 1. The van der Waals surface area contributed by atoms with E-state index in [1.165, 1.54) is 23.5 Å². The van der Waals surface area contributed by atoms with Crippen LogP contribution in [0.25, 0.3) is 10.2 Å². The van der Waals surface area contributed by atoms with Gasteiger partial charge < -0.3 is 9.30 Å². The van der Waals surface area contributed by atoms with Gasteiger partial charge in [-0.1, -0.05) is 29.5 Å². The van der Waals surface area contributed by atoms with E-state index in [1.807, 2.05) is 30.7 Å². The fraction of sp³-hybridized carbons (Fsp3) is 0.261. The molecule has 0 bridgehead atoms. The van der Waals surface area contributed by atoms with Crippen LogP contribution in [0.2, 0.25) is 0 Å². The average Bonchev–Trinajstić information content (AvgIpc) is 3.40. The van der Waals surface area contributed by atoms with Gasteiger partial charge in [0.05, 0.1) is 16.5 Å². The van der Waals surface area contributed by atoms with E-state index in [9.17, 15) is 9.18 Å². The molecule has 0 spiro atoms. The summed E-state index contributed by atoms with van der Waals surface area (Å²) >= 11 is 1.49. The van der Waals surface area contributed by atoms with E-state index in [4.69, 9.17) is 9.72 Å². The molecule has 1 amide bonds. The molecule has 0 radical (unpaired) electrons. The first-order chi connectivity index (χ1) is 15.0. The molecule has 4 aromatic rings. The maximum absolute atomic E-state index is 13.9. The van der Waals surface area contributed by atoms with E-state index < -0.39 is 5.82 Å². The second-order valence-corrected chi connectivity index (χ2v) is 8.32. The van der Waals surface area contributed by atoms with Crippen molar-refractivity contribution in [3.8, 4) is 5.75 Å². The van der Waals surface area contributed by atoms with Crippen LogP contribution < -0.4 is 9.64 Å². The Hall–Kier alpha value is -2.97. The number of aryl methyl sites for hydroxylation is 3. The van der Waals surface area contributed by atoms with Gasteiger partial charge in [0, 0.05) is 25.5 Å². The number of amides is 1. The number of hydrogen-bond donors (Lipinski definition) is 0. The lowest BCUT2D eigenvalue weighted by molar-refractivity contribution is -0.120. The number of ether oxygens (including phenoxy) is 1. The number of aromatic nitrogens is 3. The zero-order valence-electron chi connectivity index (χ0n) is 17.8. The van der Waals surface area contributed by atoms with Gasteiger partial charge in [0.2, 0.25) is 0 Å². The second kappa shape index (κ2) is 10.6. The predicted molar refractivity (Wildman–Crippen MR) is 127 cm³/mol. The molecule has 0 fully saturated rings. The number of halogens is 2. The average molecular weight is 475 g/mol. The van der Waals surface area contributed by atoms with Crippen molar-refractivity contribution in [1.29, 1.82) is 0 Å². The van der Waals surface area contributed by atoms with E-state index in [0.717, 1.165) is 34.3 Å². The van der Waals surface area contributed by atoms with Crippen LogP contribution in [0, 0.1) is 19.7 Å². The van der Waals surface area contributed by atoms with Crippen LogP contribution in [0.5, 0.6) is 5.75 Å². The van der Waals surface area contributed by atoms with E-state index in [1.54, 1.807) is 29.6 Å². The number of fused-ring (bicyclic) bond motifs is 1. The summed E-state index contributed by atoms with van der Waals surface area (Å²) in [6, 6.07) is 10.2. The standard InChI is InChI=1S/C23H23FN4O2S.ClH/c1-16-12-17(2)22-19(13-16)26-23(31-22)28(10-5-9-27-11-8-25-15-27)21(29)14-30-20-7-4-3-6-18(20)24;/h3-4,6-8,11-13,15H,5,9-10,14H2,1-2H3;1H. The van der Waals surface area contributed by atoms with Crippen LogP contribution in [0.3, 0.4) is 0 Å². The summed E-state index contributed by atoms with van der Waals surface area (Å²) < 4.78 is 22.4. The van der Waals surface area contributed by atoms with Crippen molar-refractivity contribution in [2.24, 2.45) is 0 Å². The number of benzene rings is 2. The zero-order valence-corrected chi connectivity index (χ0v) is 19.5. The largest absolute Gasteiger partial charge is 0.481 e. The number of nitrogens with zero attached hydrogens (tertiary/aromatic N) is 4. The van der Waals surface area contributed by atoms with Crippen molar-refractivity contribution in [3.63, 3.8) is 0 Å². The molecule has 0 saturated heterocycles. The molecular formula is C23H24ClFN4O2S. The van der Waals surface area contributed by atoms with Crippen LogP contribution >= 0.6 is 23.7 Å². The molecule has 0 aliphatic rings. The van der Waals surface area contributed by atoms with Gasteiger partial charge in [-0.25, -0.2) is 14.4 Å². The second-order valence-electron chi connectivity index (χ2n) is 7.35. The zero-order chi connectivity index (χ0) is 21.8. The van der Waals surface area contributed by atoms with Crippen LogP contribution in [-0.4, -0.2) is 33.6 Å². The topological polar surface area (TPSA) is 60.2 Å². The Kier molecular flexibility index (Phi) is 7.82. The third kappa shape index (κ3) is 5.44. The summed E-state index contributed by atoms with van der Waals surface area (Å²) in [5, 5.41) is 0.622. The van der Waals surface area contributed by atoms with Gasteiger partial charge in [0.15, 0.2) is 23.3 Å². The Morgan fingerprint density at radius 3 is 2.81 bits per heavy atom. The van der Waals surface area contributed by atoms with Crippen LogP contribution in [0.15, 0.2) is 55.1 Å². The Labute approximate surface area is 196 Å². The third-order valence-corrected chi connectivity index (χ3v) is 6.12. The van der Waals surface area contributed by atoms with E-state index in [0.29, 0.717) is 11.7 Å². The van der Waals surface area contributed by atoms with Crippen molar-refractivity contribution in [1.82, 2.24) is 14.5 Å². The first-order valence-electron chi connectivity index (χ1n) is 10.0. The van der Waals surface area contributed by atoms with Crippen molar-refractivity contribution in [3.05, 3.63) is 72.1 Å². The van der Waals surface area contributed by atoms with Crippen LogP contribution in [-0.2, 0) is 11.3 Å². The number of anilines is 1. The normalized spacial score (nSPS) is 10.7. The molecule has 2 aromatic carbocycles. The van der Waals surface area contributed by atoms with Crippen LogP contribution in [0.4, 0.5) is 9.52 Å². The molecule has 0 unspecified atom stereocenters. The third-order valence-electron chi connectivity index (χ3n) is 4.89. The molecule has 6 nitrogen and oxygen atoms in total. The van der Waals surface area contributed by atoms with Gasteiger partial charge >= 0.3 is 0 Å². The molecule has 0 N–H and O–H groups in total. The summed E-state index contributed by atoms with van der Waals surface area (Å²) in [5.74, 6) is -0.694. The molecule has 2 heterocycles. The van der Waals surface area contributed by atoms with Gasteiger partial charge in [0.1, 0.15) is 0 Å². The van der Waals surface area contributed by atoms with Crippen molar-refractivity contribution >= 4 is 45.0 Å². The summed E-state index contributed by atoms with van der Waals surface area (Å²) in [6.07, 6.45) is 6.08. The number of rotatable bonds is 8. The monoisotopic (exact) mass is 474 g/mol. The first kappa shape index (κ1) is 23.7.